The maximum Gasteiger partial charge on any atom is 0.336 e. The smallest absolute Gasteiger partial charge is 0.336 e. The second-order valence-electron chi connectivity index (χ2n) is 13.9. The van der Waals surface area contributed by atoms with E-state index in [2.05, 4.69) is 13.8 Å². The quantitative estimate of drug-likeness (QED) is 0.148. The molecule has 5 N–H and O–H groups in total. The third-order valence-electron chi connectivity index (χ3n) is 10.6. The Kier molecular flexibility index (Phi) is 10.3. The molecule has 2 aliphatic carbocycles. The van der Waals surface area contributed by atoms with Gasteiger partial charge in [0.2, 0.25) is 6.29 Å². The summed E-state index contributed by atoms with van der Waals surface area (Å²) in [5.74, 6) is -2.34. The number of hydrogen-bond donors (Lipinski definition) is 5. The van der Waals surface area contributed by atoms with E-state index in [-0.39, 0.29) is 18.4 Å². The van der Waals surface area contributed by atoms with Gasteiger partial charge in [-0.25, -0.2) is 4.79 Å². The summed E-state index contributed by atoms with van der Waals surface area (Å²) in [6.45, 7) is 8.63. The molecular weight excluding hydrogens is 576 g/mol. The molecule has 0 radical (unpaired) electrons. The van der Waals surface area contributed by atoms with Crippen LogP contribution in [-0.4, -0.2) is 99.1 Å². The van der Waals surface area contributed by atoms with Gasteiger partial charge >= 0.3 is 17.9 Å². The van der Waals surface area contributed by atoms with Gasteiger partial charge < -0.3 is 44.5 Å². The number of fused-ring (bicyclic) bond motifs is 2. The summed E-state index contributed by atoms with van der Waals surface area (Å²) in [6, 6.07) is 0. The zero-order valence-corrected chi connectivity index (χ0v) is 26.2. The number of cyclic esters (lactones) is 2. The van der Waals surface area contributed by atoms with E-state index >= 15 is 0 Å². The van der Waals surface area contributed by atoms with Gasteiger partial charge in [0.15, 0.2) is 0 Å². The molecule has 0 aromatic heterocycles. The van der Waals surface area contributed by atoms with Gasteiger partial charge in [0.25, 0.3) is 0 Å². The molecule has 12 nitrogen and oxygen atoms in total. The van der Waals surface area contributed by atoms with Crippen LogP contribution in [0.1, 0.15) is 79.6 Å². The summed E-state index contributed by atoms with van der Waals surface area (Å²) in [5.41, 5.74) is -1.82. The van der Waals surface area contributed by atoms with Gasteiger partial charge in [-0.05, 0) is 63.9 Å². The van der Waals surface area contributed by atoms with E-state index in [4.69, 9.17) is 18.9 Å². The highest BCUT2D eigenvalue weighted by molar-refractivity contribution is 5.90. The standard InChI is InChI=1S/C32H48O12/c1-17-10-12-41-23(34)14-30(3,40)15-24(35)42-16-20-25(36)26(37)27(38)29(43-20)44-28(39)19-7-6-8-21-31(19,4)11-9-18(2)32(21,5)22(33)13-17/h7,10,18,20-22,25-27,29,33,36-38,40H,6,8-9,11-16H2,1-5H3/b17-10+/t18-,20-,21+,22-,25-,26+,27-,29+,30-,31+,32+/m1/s1. The first-order valence-corrected chi connectivity index (χ1v) is 15.5. The Bertz CT molecular complexity index is 1160. The molecule has 1 saturated carbocycles. The van der Waals surface area contributed by atoms with Gasteiger partial charge in [-0.15, -0.1) is 0 Å². The van der Waals surface area contributed by atoms with Crippen LogP contribution in [0.4, 0.5) is 0 Å². The summed E-state index contributed by atoms with van der Waals surface area (Å²) in [6.07, 6.45) is -3.53. The minimum Gasteiger partial charge on any atom is -0.463 e. The lowest BCUT2D eigenvalue weighted by molar-refractivity contribution is -0.292. The van der Waals surface area contributed by atoms with Crippen LogP contribution in [0.2, 0.25) is 0 Å². The van der Waals surface area contributed by atoms with E-state index in [0.29, 0.717) is 24.8 Å². The van der Waals surface area contributed by atoms with Crippen molar-refractivity contribution in [3.05, 3.63) is 23.3 Å². The molecule has 0 amide bonds. The van der Waals surface area contributed by atoms with Gasteiger partial charge in [0.05, 0.1) is 24.5 Å². The Morgan fingerprint density at radius 3 is 2.23 bits per heavy atom. The lowest BCUT2D eigenvalue weighted by atomic mass is 9.46. The van der Waals surface area contributed by atoms with Crippen molar-refractivity contribution in [2.24, 2.45) is 22.7 Å². The minimum absolute atomic E-state index is 0.0731. The van der Waals surface area contributed by atoms with Crippen LogP contribution in [0.25, 0.3) is 0 Å². The third kappa shape index (κ3) is 6.90. The molecule has 0 spiro atoms. The van der Waals surface area contributed by atoms with E-state index in [1.165, 1.54) is 6.92 Å². The highest BCUT2D eigenvalue weighted by Gasteiger charge is 2.58. The lowest BCUT2D eigenvalue weighted by Gasteiger charge is -2.59. The first-order valence-electron chi connectivity index (χ1n) is 15.5. The van der Waals surface area contributed by atoms with Crippen molar-refractivity contribution in [3.63, 3.8) is 0 Å². The molecule has 248 valence electrons. The SMILES string of the molecule is C/C1=C\COC(=O)C[C@@](C)(O)CC(=O)OC[C@H]2O[C@@H](OC(=O)C3=CCC[C@@H]4[C@](C)([C@H](C)CC[C@@]34C)[C@H](O)C1)[C@H](O)[C@@H](O)[C@@H]2O. The monoisotopic (exact) mass is 624 g/mol. The molecule has 11 atom stereocenters. The highest BCUT2D eigenvalue weighted by Crippen LogP contribution is 2.62. The van der Waals surface area contributed by atoms with Crippen LogP contribution in [0.5, 0.6) is 0 Å². The van der Waals surface area contributed by atoms with E-state index in [1.54, 1.807) is 6.08 Å². The largest absolute Gasteiger partial charge is 0.463 e. The van der Waals surface area contributed by atoms with Crippen molar-refractivity contribution >= 4 is 17.9 Å². The normalized spacial score (nSPS) is 46.1. The summed E-state index contributed by atoms with van der Waals surface area (Å²) in [4.78, 5) is 38.6. The summed E-state index contributed by atoms with van der Waals surface area (Å²) in [5, 5.41) is 54.0. The van der Waals surface area contributed by atoms with Crippen LogP contribution < -0.4 is 0 Å². The number of carbonyl (C=O) groups excluding carboxylic acids is 3. The number of aliphatic hydroxyl groups is 5. The Hall–Kier alpha value is -2.35. The maximum atomic E-state index is 13.7. The molecule has 2 aliphatic heterocycles. The molecular formula is C32H48O12. The first-order chi connectivity index (χ1) is 20.5. The third-order valence-corrected chi connectivity index (χ3v) is 10.6. The fourth-order valence-electron chi connectivity index (χ4n) is 7.66. The molecule has 4 aliphatic rings. The number of hydrogen-bond acceptors (Lipinski definition) is 12. The fourth-order valence-corrected chi connectivity index (χ4v) is 7.66. The number of carbonyl (C=O) groups is 3. The molecule has 44 heavy (non-hydrogen) atoms. The molecule has 2 heterocycles. The Morgan fingerprint density at radius 1 is 0.886 bits per heavy atom. The molecule has 0 unspecified atom stereocenters. The maximum absolute atomic E-state index is 13.7. The van der Waals surface area contributed by atoms with Crippen molar-refractivity contribution in [2.45, 2.75) is 122 Å². The highest BCUT2D eigenvalue weighted by atomic mass is 16.7. The van der Waals surface area contributed by atoms with E-state index in [0.717, 1.165) is 18.4 Å². The number of esters is 3. The number of rotatable bonds is 0. The molecule has 0 aromatic rings. The minimum atomic E-state index is -1.80. The molecule has 2 fully saturated rings. The summed E-state index contributed by atoms with van der Waals surface area (Å²) >= 11 is 0. The Labute approximate surface area is 258 Å². The first kappa shape index (κ1) is 34.5. The van der Waals surface area contributed by atoms with Crippen LogP contribution in [0.3, 0.4) is 0 Å². The number of allylic oxidation sites excluding steroid dienone is 1. The zero-order valence-electron chi connectivity index (χ0n) is 26.2. The van der Waals surface area contributed by atoms with Crippen molar-refractivity contribution in [1.82, 2.24) is 0 Å². The van der Waals surface area contributed by atoms with Crippen molar-refractivity contribution in [2.75, 3.05) is 13.2 Å². The second-order valence-corrected chi connectivity index (χ2v) is 13.9. The Balaban J connectivity index is 1.67. The average Bonchev–Trinajstić information content (AvgIpc) is 2.93. The van der Waals surface area contributed by atoms with Crippen molar-refractivity contribution in [1.29, 1.82) is 0 Å². The van der Waals surface area contributed by atoms with Gasteiger partial charge in [-0.3, -0.25) is 9.59 Å². The molecule has 1 saturated heterocycles. The van der Waals surface area contributed by atoms with Crippen LogP contribution in [-0.2, 0) is 33.3 Å². The predicted octanol–water partition coefficient (Wildman–Crippen LogP) is 1.44. The average molecular weight is 625 g/mol. The van der Waals surface area contributed by atoms with Crippen molar-refractivity contribution < 1.29 is 58.9 Å². The van der Waals surface area contributed by atoms with Crippen LogP contribution in [0, 0.1) is 22.7 Å². The van der Waals surface area contributed by atoms with Crippen LogP contribution in [0.15, 0.2) is 23.3 Å². The van der Waals surface area contributed by atoms with Gasteiger partial charge in [0, 0.05) is 16.4 Å². The van der Waals surface area contributed by atoms with E-state index in [9.17, 15) is 39.9 Å². The topological polar surface area (TPSA) is 189 Å². The van der Waals surface area contributed by atoms with Gasteiger partial charge in [0.1, 0.15) is 37.6 Å². The Morgan fingerprint density at radius 2 is 1.55 bits per heavy atom. The van der Waals surface area contributed by atoms with E-state index in [1.807, 2.05) is 19.9 Å². The zero-order chi connectivity index (χ0) is 32.6. The summed E-state index contributed by atoms with van der Waals surface area (Å²) in [7, 11) is 0. The van der Waals surface area contributed by atoms with Crippen LogP contribution >= 0.6 is 0 Å². The molecule has 4 rings (SSSR count). The fraction of sp³-hybridized carbons (Fsp3) is 0.781. The number of aliphatic hydroxyl groups excluding tert-OH is 4. The van der Waals surface area contributed by atoms with Gasteiger partial charge in [-0.2, -0.15) is 0 Å². The lowest BCUT2D eigenvalue weighted by Crippen LogP contribution is -2.60. The molecule has 12 heteroatoms. The predicted molar refractivity (Wildman–Crippen MR) is 154 cm³/mol. The second kappa shape index (κ2) is 13.2. The summed E-state index contributed by atoms with van der Waals surface area (Å²) < 4.78 is 21.7. The van der Waals surface area contributed by atoms with Gasteiger partial charge in [-0.1, -0.05) is 32.4 Å². The van der Waals surface area contributed by atoms with E-state index < -0.39 is 90.6 Å². The van der Waals surface area contributed by atoms with Crippen molar-refractivity contribution in [3.8, 4) is 0 Å². The molecule has 6 bridgehead atoms. The number of ether oxygens (including phenoxy) is 4. The molecule has 0 aromatic carbocycles.